The second kappa shape index (κ2) is 8.39. The molecule has 0 unspecified atom stereocenters. The molecule has 2 aromatic carbocycles. The zero-order valence-electron chi connectivity index (χ0n) is 17.6. The molecule has 0 radical (unpaired) electrons. The molecular weight excluding hydrogens is 434 g/mol. The molecule has 0 spiro atoms. The fourth-order valence-electron chi connectivity index (χ4n) is 3.12. The average molecular weight is 455 g/mol. The van der Waals surface area contributed by atoms with Crippen molar-refractivity contribution in [1.29, 1.82) is 0 Å². The zero-order chi connectivity index (χ0) is 22.9. The highest BCUT2D eigenvalue weighted by molar-refractivity contribution is 7.92. The van der Waals surface area contributed by atoms with Crippen molar-refractivity contribution in [2.75, 3.05) is 17.1 Å². The SMILES string of the molecule is COc1ccc2c(CNc3ccc(S(=O)(=O)Nc4onc(C)c4C)cc3)cc(=O)oc2c1. The molecule has 32 heavy (non-hydrogen) atoms. The van der Waals surface area contributed by atoms with Crippen molar-refractivity contribution in [3.8, 4) is 5.75 Å². The highest BCUT2D eigenvalue weighted by Crippen LogP contribution is 2.25. The van der Waals surface area contributed by atoms with Gasteiger partial charge in [-0.2, -0.15) is 0 Å². The molecule has 0 aliphatic heterocycles. The molecule has 10 heteroatoms. The Morgan fingerprint density at radius 1 is 1.06 bits per heavy atom. The number of benzene rings is 2. The van der Waals surface area contributed by atoms with Crippen molar-refractivity contribution in [2.24, 2.45) is 0 Å². The molecule has 0 aliphatic carbocycles. The summed E-state index contributed by atoms with van der Waals surface area (Å²) in [7, 11) is -2.29. The van der Waals surface area contributed by atoms with Crippen LogP contribution in [0.2, 0.25) is 0 Å². The third kappa shape index (κ3) is 4.30. The van der Waals surface area contributed by atoms with Crippen LogP contribution in [-0.2, 0) is 16.6 Å². The number of rotatable bonds is 7. The molecule has 0 aliphatic rings. The van der Waals surface area contributed by atoms with Crippen molar-refractivity contribution in [3.05, 3.63) is 75.8 Å². The van der Waals surface area contributed by atoms with Crippen LogP contribution in [0.15, 0.2) is 67.2 Å². The van der Waals surface area contributed by atoms with Gasteiger partial charge in [0.1, 0.15) is 11.3 Å². The van der Waals surface area contributed by atoms with Crippen molar-refractivity contribution >= 4 is 32.6 Å². The van der Waals surface area contributed by atoms with Gasteiger partial charge in [0.25, 0.3) is 10.0 Å². The van der Waals surface area contributed by atoms with Gasteiger partial charge in [-0.05, 0) is 55.8 Å². The molecule has 0 saturated carbocycles. The number of nitrogens with one attached hydrogen (secondary N) is 2. The van der Waals surface area contributed by atoms with Gasteiger partial charge in [0, 0.05) is 35.3 Å². The van der Waals surface area contributed by atoms with Crippen LogP contribution in [0.1, 0.15) is 16.8 Å². The van der Waals surface area contributed by atoms with Crippen molar-refractivity contribution in [1.82, 2.24) is 5.16 Å². The van der Waals surface area contributed by atoms with E-state index in [9.17, 15) is 13.2 Å². The zero-order valence-corrected chi connectivity index (χ0v) is 18.4. The van der Waals surface area contributed by atoms with Gasteiger partial charge < -0.3 is 19.0 Å². The Morgan fingerprint density at radius 3 is 2.47 bits per heavy atom. The molecule has 0 fully saturated rings. The van der Waals surface area contributed by atoms with E-state index in [-0.39, 0.29) is 10.8 Å². The molecule has 4 aromatic rings. The summed E-state index contributed by atoms with van der Waals surface area (Å²) < 4.78 is 43.1. The van der Waals surface area contributed by atoms with Gasteiger partial charge in [0.05, 0.1) is 17.7 Å². The molecule has 0 bridgehead atoms. The number of aryl methyl sites for hydroxylation is 1. The Hall–Kier alpha value is -3.79. The maximum atomic E-state index is 12.6. The summed E-state index contributed by atoms with van der Waals surface area (Å²) in [6.07, 6.45) is 0. The van der Waals surface area contributed by atoms with Gasteiger partial charge in [-0.1, -0.05) is 5.16 Å². The summed E-state index contributed by atoms with van der Waals surface area (Å²) >= 11 is 0. The van der Waals surface area contributed by atoms with Gasteiger partial charge in [-0.15, -0.1) is 0 Å². The van der Waals surface area contributed by atoms with E-state index in [0.717, 1.165) is 10.9 Å². The van der Waals surface area contributed by atoms with E-state index in [4.69, 9.17) is 13.7 Å². The van der Waals surface area contributed by atoms with E-state index in [1.165, 1.54) is 25.3 Å². The number of nitrogens with zero attached hydrogens (tertiary/aromatic N) is 1. The molecule has 166 valence electrons. The summed E-state index contributed by atoms with van der Waals surface area (Å²) in [4.78, 5) is 12.0. The van der Waals surface area contributed by atoms with Gasteiger partial charge in [0.15, 0.2) is 0 Å². The first-order chi connectivity index (χ1) is 15.3. The number of aromatic nitrogens is 1. The molecular formula is C22H21N3O6S. The van der Waals surface area contributed by atoms with E-state index in [0.29, 0.717) is 34.8 Å². The largest absolute Gasteiger partial charge is 0.497 e. The van der Waals surface area contributed by atoms with Crippen LogP contribution in [0.25, 0.3) is 11.0 Å². The maximum absolute atomic E-state index is 12.6. The Labute approximate surface area is 184 Å². The fraction of sp³-hybridized carbons (Fsp3) is 0.182. The van der Waals surface area contributed by atoms with E-state index < -0.39 is 15.6 Å². The molecule has 0 amide bonds. The lowest BCUT2D eigenvalue weighted by molar-refractivity contribution is 0.414. The summed E-state index contributed by atoms with van der Waals surface area (Å²) in [5.74, 6) is 0.683. The third-order valence-corrected chi connectivity index (χ3v) is 6.42. The second-order valence-corrected chi connectivity index (χ2v) is 8.84. The smallest absolute Gasteiger partial charge is 0.336 e. The lowest BCUT2D eigenvalue weighted by Crippen LogP contribution is -2.13. The first-order valence-corrected chi connectivity index (χ1v) is 11.2. The van der Waals surface area contributed by atoms with Gasteiger partial charge in [-0.3, -0.25) is 0 Å². The van der Waals surface area contributed by atoms with Crippen molar-refractivity contribution in [3.63, 3.8) is 0 Å². The van der Waals surface area contributed by atoms with E-state index >= 15 is 0 Å². The first-order valence-electron chi connectivity index (χ1n) is 9.67. The summed E-state index contributed by atoms with van der Waals surface area (Å²) in [5.41, 5.74) is 2.64. The molecule has 0 atom stereocenters. The predicted octanol–water partition coefficient (Wildman–Crippen LogP) is 3.82. The molecule has 9 nitrogen and oxygen atoms in total. The molecule has 4 rings (SSSR count). The maximum Gasteiger partial charge on any atom is 0.336 e. The molecule has 2 aromatic heterocycles. The van der Waals surface area contributed by atoms with Gasteiger partial charge in [0.2, 0.25) is 5.88 Å². The minimum absolute atomic E-state index is 0.0782. The number of hydrogen-bond acceptors (Lipinski definition) is 8. The highest BCUT2D eigenvalue weighted by atomic mass is 32.2. The average Bonchev–Trinajstić information content (AvgIpc) is 3.08. The van der Waals surface area contributed by atoms with E-state index in [2.05, 4.69) is 15.2 Å². The minimum atomic E-state index is -3.82. The quantitative estimate of drug-likeness (QED) is 0.403. The van der Waals surface area contributed by atoms with Gasteiger partial charge in [-0.25, -0.2) is 17.9 Å². The van der Waals surface area contributed by atoms with Crippen LogP contribution in [0.5, 0.6) is 5.75 Å². The number of sulfonamides is 1. The topological polar surface area (TPSA) is 124 Å². The number of hydrogen-bond donors (Lipinski definition) is 2. The Kier molecular flexibility index (Phi) is 5.62. The summed E-state index contributed by atoms with van der Waals surface area (Å²) in [6, 6.07) is 12.9. The highest BCUT2D eigenvalue weighted by Gasteiger charge is 2.19. The number of fused-ring (bicyclic) bond motifs is 1. The van der Waals surface area contributed by atoms with Crippen LogP contribution in [-0.4, -0.2) is 20.7 Å². The third-order valence-electron chi connectivity index (χ3n) is 5.07. The van der Waals surface area contributed by atoms with Crippen LogP contribution < -0.4 is 20.4 Å². The van der Waals surface area contributed by atoms with Gasteiger partial charge >= 0.3 is 5.63 Å². The van der Waals surface area contributed by atoms with Crippen LogP contribution in [0.4, 0.5) is 11.6 Å². The predicted molar refractivity (Wildman–Crippen MR) is 120 cm³/mol. The van der Waals surface area contributed by atoms with E-state index in [1.54, 1.807) is 38.1 Å². The number of methoxy groups -OCH3 is 1. The minimum Gasteiger partial charge on any atom is -0.497 e. The number of anilines is 2. The fourth-order valence-corrected chi connectivity index (χ4v) is 4.17. The monoisotopic (exact) mass is 455 g/mol. The second-order valence-electron chi connectivity index (χ2n) is 7.16. The van der Waals surface area contributed by atoms with Crippen molar-refractivity contribution in [2.45, 2.75) is 25.3 Å². The summed E-state index contributed by atoms with van der Waals surface area (Å²) in [6.45, 7) is 3.80. The normalized spacial score (nSPS) is 11.5. The Balaban J connectivity index is 1.51. The van der Waals surface area contributed by atoms with Crippen molar-refractivity contribution < 1.29 is 22.1 Å². The molecule has 2 heterocycles. The lowest BCUT2D eigenvalue weighted by atomic mass is 10.1. The van der Waals surface area contributed by atoms with E-state index in [1.807, 2.05) is 6.07 Å². The van der Waals surface area contributed by atoms with Crippen LogP contribution >= 0.6 is 0 Å². The standard InChI is InChI=1S/C22H21N3O6S/c1-13-14(2)24-31-22(13)25-32(27,28)18-7-4-16(5-8-18)23-12-15-10-21(26)30-20-11-17(29-3)6-9-19(15)20/h4-11,23,25H,12H2,1-3H3. The number of ether oxygens (including phenoxy) is 1. The Bertz CT molecular complexity index is 1440. The molecule has 2 N–H and O–H groups in total. The van der Waals surface area contributed by atoms with Crippen LogP contribution in [0, 0.1) is 13.8 Å². The first kappa shape index (κ1) is 21.4. The molecule has 0 saturated heterocycles. The summed E-state index contributed by atoms with van der Waals surface area (Å²) in [5, 5.41) is 7.72. The van der Waals surface area contributed by atoms with Crippen LogP contribution in [0.3, 0.4) is 0 Å². The lowest BCUT2D eigenvalue weighted by Gasteiger charge is -2.10. The Morgan fingerprint density at radius 2 is 1.81 bits per heavy atom.